The number of hydrogen-bond donors (Lipinski definition) is 0. The maximum atomic E-state index is 13.1. The maximum Gasteiger partial charge on any atom is 0.316 e. The van der Waals surface area contributed by atoms with E-state index in [2.05, 4.69) is 12.2 Å². The zero-order valence-electron chi connectivity index (χ0n) is 17.8. The van der Waals surface area contributed by atoms with Crippen LogP contribution in [0.5, 0.6) is 5.75 Å². The van der Waals surface area contributed by atoms with E-state index in [0.717, 1.165) is 12.1 Å². The van der Waals surface area contributed by atoms with E-state index in [0.29, 0.717) is 5.69 Å². The topological polar surface area (TPSA) is 84.0 Å². The molecule has 2 aliphatic heterocycles. The molecule has 0 spiro atoms. The lowest BCUT2D eigenvalue weighted by atomic mass is 9.85. The van der Waals surface area contributed by atoms with Crippen molar-refractivity contribution in [1.29, 1.82) is 0 Å². The van der Waals surface area contributed by atoms with E-state index in [4.69, 9.17) is 4.74 Å². The van der Waals surface area contributed by atoms with Crippen LogP contribution >= 0.6 is 0 Å². The first kappa shape index (κ1) is 19.9. The zero-order valence-corrected chi connectivity index (χ0v) is 17.8. The maximum absolute atomic E-state index is 13.1. The van der Waals surface area contributed by atoms with E-state index < -0.39 is 11.9 Å². The lowest BCUT2D eigenvalue weighted by Gasteiger charge is -2.18. The third kappa shape index (κ3) is 3.10. The minimum absolute atomic E-state index is 0.0790. The van der Waals surface area contributed by atoms with Crippen molar-refractivity contribution in [2.75, 3.05) is 16.3 Å². The van der Waals surface area contributed by atoms with Gasteiger partial charge in [0.05, 0.1) is 23.4 Å². The number of imide groups is 1. The number of benzene rings is 2. The average Bonchev–Trinajstić information content (AvgIpc) is 3.58. The number of nitrogens with zero attached hydrogens (tertiary/aromatic N) is 2. The monoisotopic (exact) mass is 442 g/mol. The Kier molecular flexibility index (Phi) is 4.47. The van der Waals surface area contributed by atoms with Crippen molar-refractivity contribution in [2.24, 2.45) is 29.6 Å². The molecule has 5 atom stereocenters. The van der Waals surface area contributed by atoms with Gasteiger partial charge in [-0.25, -0.2) is 4.90 Å². The fourth-order valence-electron chi connectivity index (χ4n) is 5.77. The van der Waals surface area contributed by atoms with Crippen LogP contribution in [0.2, 0.25) is 0 Å². The molecule has 0 N–H and O–H groups in total. The molecule has 33 heavy (non-hydrogen) atoms. The molecule has 2 bridgehead atoms. The molecule has 2 aliphatic carbocycles. The molecule has 3 fully saturated rings. The van der Waals surface area contributed by atoms with Gasteiger partial charge in [-0.15, -0.1) is 0 Å². The Morgan fingerprint density at radius 3 is 2.21 bits per heavy atom. The van der Waals surface area contributed by atoms with E-state index in [1.54, 1.807) is 29.2 Å². The van der Waals surface area contributed by atoms with Crippen LogP contribution in [0, 0.1) is 29.6 Å². The number of allylic oxidation sites excluding steroid dienone is 2. The molecule has 4 aliphatic rings. The highest BCUT2D eigenvalue weighted by atomic mass is 16.5. The second-order valence-corrected chi connectivity index (χ2v) is 9.17. The summed E-state index contributed by atoms with van der Waals surface area (Å²) in [5.74, 6) is -1.61. The molecule has 166 valence electrons. The van der Waals surface area contributed by atoms with Crippen LogP contribution in [0.4, 0.5) is 11.4 Å². The molecule has 1 saturated carbocycles. The molecule has 0 radical (unpaired) electrons. The highest BCUT2D eigenvalue weighted by Gasteiger charge is 2.59. The van der Waals surface area contributed by atoms with Crippen LogP contribution in [0.1, 0.15) is 12.8 Å². The smallest absolute Gasteiger partial charge is 0.316 e. The lowest BCUT2D eigenvalue weighted by molar-refractivity contribution is -0.139. The van der Waals surface area contributed by atoms with Gasteiger partial charge in [-0.05, 0) is 42.5 Å². The molecule has 0 unspecified atom stereocenters. The number of fused-ring (bicyclic) bond motifs is 5. The number of amides is 3. The van der Waals surface area contributed by atoms with Crippen LogP contribution in [0.15, 0.2) is 66.7 Å². The molecule has 2 aromatic rings. The number of rotatable bonds is 4. The normalized spacial score (nSPS) is 29.8. The molecular formula is C26H22N2O5. The molecule has 2 aromatic carbocycles. The Hall–Kier alpha value is -3.74. The fraction of sp³-hybridized carbons (Fsp3) is 0.308. The quantitative estimate of drug-likeness (QED) is 0.315. The number of carbonyl (C=O) groups is 4. The first-order valence-electron chi connectivity index (χ1n) is 11.2. The summed E-state index contributed by atoms with van der Waals surface area (Å²) < 4.78 is 5.57. The van der Waals surface area contributed by atoms with Crippen molar-refractivity contribution < 1.29 is 23.9 Å². The average molecular weight is 442 g/mol. The van der Waals surface area contributed by atoms with Gasteiger partial charge in [-0.3, -0.25) is 19.2 Å². The predicted octanol–water partition coefficient (Wildman–Crippen LogP) is 2.96. The zero-order chi connectivity index (χ0) is 22.7. The van der Waals surface area contributed by atoms with Gasteiger partial charge in [-0.2, -0.15) is 0 Å². The van der Waals surface area contributed by atoms with Gasteiger partial charge in [0.15, 0.2) is 0 Å². The summed E-state index contributed by atoms with van der Waals surface area (Å²) >= 11 is 0. The molecule has 2 heterocycles. The van der Waals surface area contributed by atoms with Crippen LogP contribution < -0.4 is 14.5 Å². The SMILES string of the molecule is O=C(Oc1cccc(N2C(=O)[C@@H]3[C@@H](C2=O)[C@H]2C=C[C@H]3C2)c1)[C@@H]1CC(=O)N(c2ccccc2)C1. The minimum atomic E-state index is -0.586. The van der Waals surface area contributed by atoms with Gasteiger partial charge in [0.2, 0.25) is 17.7 Å². The van der Waals surface area contributed by atoms with Crippen LogP contribution in [0.25, 0.3) is 0 Å². The Bertz CT molecular complexity index is 1180. The van der Waals surface area contributed by atoms with Crippen molar-refractivity contribution >= 4 is 35.1 Å². The number of carbonyl (C=O) groups excluding carboxylic acids is 4. The van der Waals surface area contributed by atoms with Crippen molar-refractivity contribution in [3.05, 3.63) is 66.7 Å². The van der Waals surface area contributed by atoms with Crippen LogP contribution in [-0.4, -0.2) is 30.2 Å². The fourth-order valence-corrected chi connectivity index (χ4v) is 5.77. The lowest BCUT2D eigenvalue weighted by Crippen LogP contribution is -2.32. The largest absolute Gasteiger partial charge is 0.426 e. The first-order chi connectivity index (χ1) is 16.0. The summed E-state index contributed by atoms with van der Waals surface area (Å²) in [6.45, 7) is 0.254. The Balaban J connectivity index is 1.17. The van der Waals surface area contributed by atoms with E-state index in [-0.39, 0.29) is 60.1 Å². The van der Waals surface area contributed by atoms with Crippen molar-refractivity contribution in [3.8, 4) is 5.75 Å². The Morgan fingerprint density at radius 1 is 0.848 bits per heavy atom. The number of hydrogen-bond acceptors (Lipinski definition) is 5. The summed E-state index contributed by atoms with van der Waals surface area (Å²) in [6.07, 6.45) is 5.06. The van der Waals surface area contributed by atoms with Crippen molar-refractivity contribution in [3.63, 3.8) is 0 Å². The Labute approximate surface area is 190 Å². The van der Waals surface area contributed by atoms with Crippen LogP contribution in [0.3, 0.4) is 0 Å². The highest BCUT2D eigenvalue weighted by Crippen LogP contribution is 2.53. The predicted molar refractivity (Wildman–Crippen MR) is 119 cm³/mol. The summed E-state index contributed by atoms with van der Waals surface area (Å²) in [6, 6.07) is 15.7. The van der Waals surface area contributed by atoms with E-state index >= 15 is 0 Å². The van der Waals surface area contributed by atoms with Crippen molar-refractivity contribution in [2.45, 2.75) is 12.8 Å². The number of anilines is 2. The van der Waals surface area contributed by atoms with E-state index in [9.17, 15) is 19.2 Å². The van der Waals surface area contributed by atoms with Crippen molar-refractivity contribution in [1.82, 2.24) is 0 Å². The third-order valence-electron chi connectivity index (χ3n) is 7.29. The summed E-state index contributed by atoms with van der Waals surface area (Å²) in [5.41, 5.74) is 1.16. The van der Waals surface area contributed by atoms with Crippen LogP contribution in [-0.2, 0) is 19.2 Å². The Morgan fingerprint density at radius 2 is 1.52 bits per heavy atom. The summed E-state index contributed by atoms with van der Waals surface area (Å²) in [4.78, 5) is 54.2. The molecule has 7 nitrogen and oxygen atoms in total. The molecule has 7 heteroatoms. The van der Waals surface area contributed by atoms with Gasteiger partial charge in [0.25, 0.3) is 0 Å². The van der Waals surface area contributed by atoms with Gasteiger partial charge >= 0.3 is 5.97 Å². The minimum Gasteiger partial charge on any atom is -0.426 e. The summed E-state index contributed by atoms with van der Waals surface area (Å²) in [7, 11) is 0. The van der Waals surface area contributed by atoms with E-state index in [1.165, 1.54) is 4.90 Å². The molecule has 0 aromatic heterocycles. The van der Waals surface area contributed by atoms with Gasteiger partial charge in [-0.1, -0.05) is 36.4 Å². The number of esters is 1. The van der Waals surface area contributed by atoms with E-state index in [1.807, 2.05) is 30.3 Å². The second kappa shape index (κ2) is 7.40. The third-order valence-corrected chi connectivity index (χ3v) is 7.29. The summed E-state index contributed by atoms with van der Waals surface area (Å²) in [5, 5.41) is 0. The molecule has 6 rings (SSSR count). The molecule has 3 amide bonds. The first-order valence-corrected chi connectivity index (χ1v) is 11.2. The van der Waals surface area contributed by atoms with Gasteiger partial charge < -0.3 is 9.64 Å². The second-order valence-electron chi connectivity index (χ2n) is 9.17. The standard InChI is InChI=1S/C26H22N2O5/c29-21-12-17(14-27(21)18-5-2-1-3-6-18)26(32)33-20-8-4-7-19(13-20)28-24(30)22-15-9-10-16(11-15)23(22)25(28)31/h1-10,13,15-17,22-23H,11-12,14H2/t15-,16-,17+,22-,23-/m0/s1. The molecular weight excluding hydrogens is 420 g/mol. The number of para-hydroxylation sites is 1. The van der Waals surface area contributed by atoms with Gasteiger partial charge in [0, 0.05) is 24.7 Å². The highest BCUT2D eigenvalue weighted by molar-refractivity contribution is 6.22. The molecule has 2 saturated heterocycles. The van der Waals surface area contributed by atoms with Gasteiger partial charge in [0.1, 0.15) is 5.75 Å². The number of ether oxygens (including phenoxy) is 1.